The van der Waals surface area contributed by atoms with Crippen molar-refractivity contribution in [2.45, 2.75) is 33.7 Å². The Morgan fingerprint density at radius 2 is 1.78 bits per heavy atom. The number of Topliss-reactive ketones (excluding diaryl/α,β-unsaturated/α-hetero) is 1. The van der Waals surface area contributed by atoms with Crippen LogP contribution in [0.15, 0.2) is 59.5 Å². The third kappa shape index (κ3) is 3.60. The molecule has 1 aromatic heterocycles. The van der Waals surface area contributed by atoms with Gasteiger partial charge in [0.25, 0.3) is 11.7 Å². The number of aliphatic hydroxyl groups is 1. The zero-order chi connectivity index (χ0) is 23.0. The van der Waals surface area contributed by atoms with Crippen LogP contribution in [0.25, 0.3) is 5.76 Å². The molecule has 1 atom stereocenters. The van der Waals surface area contributed by atoms with Gasteiger partial charge >= 0.3 is 0 Å². The summed E-state index contributed by atoms with van der Waals surface area (Å²) in [5.74, 6) is -0.783. The van der Waals surface area contributed by atoms with Crippen LogP contribution in [-0.2, 0) is 9.59 Å². The molecule has 1 N–H and O–H groups in total. The van der Waals surface area contributed by atoms with E-state index in [9.17, 15) is 14.7 Å². The van der Waals surface area contributed by atoms with Crippen molar-refractivity contribution >= 4 is 34.5 Å². The maximum atomic E-state index is 13.3. The summed E-state index contributed by atoms with van der Waals surface area (Å²) in [6.45, 7) is 8.18. The molecule has 2 aromatic carbocycles. The van der Waals surface area contributed by atoms with E-state index in [2.05, 4.69) is 0 Å². The number of carbonyl (C=O) groups is 2. The van der Waals surface area contributed by atoms with Crippen LogP contribution in [0.4, 0.5) is 5.69 Å². The summed E-state index contributed by atoms with van der Waals surface area (Å²) >= 11 is 1.47. The molecule has 1 aliphatic heterocycles. The fourth-order valence-electron chi connectivity index (χ4n) is 4.10. The normalized spacial score (nSPS) is 17.8. The average Bonchev–Trinajstić information content (AvgIpc) is 3.30. The molecule has 4 rings (SSSR count). The zero-order valence-corrected chi connectivity index (χ0v) is 19.3. The van der Waals surface area contributed by atoms with E-state index in [1.807, 2.05) is 63.4 Å². The number of hydrogen-bond donors (Lipinski definition) is 1. The number of aliphatic hydroxyl groups excluding tert-OH is 1. The SMILES string of the molecule is CCOc1ccc(/C(O)=C2/C(=O)C(=O)N(c3ccccc3C)C2c2sccc2C)cc1C. The van der Waals surface area contributed by atoms with Gasteiger partial charge in [0.2, 0.25) is 0 Å². The first kappa shape index (κ1) is 21.8. The first-order valence-corrected chi connectivity index (χ1v) is 11.4. The second-order valence-electron chi connectivity index (χ2n) is 7.84. The van der Waals surface area contributed by atoms with Gasteiger partial charge in [-0.25, -0.2) is 0 Å². The molecular formula is C26H25NO4S. The predicted molar refractivity (Wildman–Crippen MR) is 127 cm³/mol. The number of para-hydroxylation sites is 1. The number of hydrogen-bond acceptors (Lipinski definition) is 5. The van der Waals surface area contributed by atoms with Gasteiger partial charge in [-0.3, -0.25) is 14.5 Å². The number of carbonyl (C=O) groups excluding carboxylic acids is 2. The number of aryl methyl sites for hydroxylation is 3. The van der Waals surface area contributed by atoms with Crippen LogP contribution in [0.5, 0.6) is 5.75 Å². The Balaban J connectivity index is 1.93. The van der Waals surface area contributed by atoms with Gasteiger partial charge in [-0.1, -0.05) is 18.2 Å². The van der Waals surface area contributed by atoms with Gasteiger partial charge in [0.1, 0.15) is 17.6 Å². The van der Waals surface area contributed by atoms with Gasteiger partial charge in [0, 0.05) is 16.1 Å². The van der Waals surface area contributed by atoms with Crippen LogP contribution in [0.1, 0.15) is 40.1 Å². The van der Waals surface area contributed by atoms with Crippen molar-refractivity contribution in [3.63, 3.8) is 0 Å². The van der Waals surface area contributed by atoms with Crippen molar-refractivity contribution in [2.75, 3.05) is 11.5 Å². The van der Waals surface area contributed by atoms with Gasteiger partial charge in [0.05, 0.1) is 12.2 Å². The van der Waals surface area contributed by atoms with E-state index in [0.29, 0.717) is 17.9 Å². The molecule has 32 heavy (non-hydrogen) atoms. The number of ketones is 1. The Bertz CT molecular complexity index is 1240. The Kier molecular flexibility index (Phi) is 5.89. The summed E-state index contributed by atoms with van der Waals surface area (Å²) in [6.07, 6.45) is 0. The summed E-state index contributed by atoms with van der Waals surface area (Å²) in [6, 6.07) is 14.0. The predicted octanol–water partition coefficient (Wildman–Crippen LogP) is 5.70. The molecule has 0 spiro atoms. The fourth-order valence-corrected chi connectivity index (χ4v) is 5.12. The molecule has 1 unspecified atom stereocenters. The number of anilines is 1. The van der Waals surface area contributed by atoms with Crippen molar-refractivity contribution in [1.82, 2.24) is 0 Å². The van der Waals surface area contributed by atoms with E-state index in [1.54, 1.807) is 18.2 Å². The lowest BCUT2D eigenvalue weighted by molar-refractivity contribution is -0.132. The largest absolute Gasteiger partial charge is 0.507 e. The minimum atomic E-state index is -0.692. The number of benzene rings is 2. The van der Waals surface area contributed by atoms with Crippen molar-refractivity contribution in [3.05, 3.63) is 86.6 Å². The Morgan fingerprint density at radius 3 is 2.41 bits per heavy atom. The van der Waals surface area contributed by atoms with Crippen LogP contribution in [0, 0.1) is 20.8 Å². The molecule has 0 radical (unpaired) electrons. The molecule has 5 nitrogen and oxygen atoms in total. The monoisotopic (exact) mass is 447 g/mol. The smallest absolute Gasteiger partial charge is 0.300 e. The topological polar surface area (TPSA) is 66.8 Å². The zero-order valence-electron chi connectivity index (χ0n) is 18.5. The molecule has 6 heteroatoms. The summed E-state index contributed by atoms with van der Waals surface area (Å²) in [5.41, 5.74) is 3.93. The maximum Gasteiger partial charge on any atom is 0.300 e. The van der Waals surface area contributed by atoms with Crippen molar-refractivity contribution in [3.8, 4) is 5.75 Å². The van der Waals surface area contributed by atoms with E-state index in [1.165, 1.54) is 16.2 Å². The van der Waals surface area contributed by atoms with E-state index >= 15 is 0 Å². The quantitative estimate of drug-likeness (QED) is 0.310. The average molecular weight is 448 g/mol. The number of nitrogens with zero attached hydrogens (tertiary/aromatic N) is 1. The summed E-state index contributed by atoms with van der Waals surface area (Å²) < 4.78 is 5.59. The second-order valence-corrected chi connectivity index (χ2v) is 8.78. The summed E-state index contributed by atoms with van der Waals surface area (Å²) in [4.78, 5) is 28.9. The highest BCUT2D eigenvalue weighted by Gasteiger charge is 2.48. The minimum absolute atomic E-state index is 0.104. The van der Waals surface area contributed by atoms with Crippen LogP contribution < -0.4 is 9.64 Å². The van der Waals surface area contributed by atoms with Crippen LogP contribution in [0.3, 0.4) is 0 Å². The Labute approximate surface area is 191 Å². The molecule has 1 saturated heterocycles. The molecule has 164 valence electrons. The highest BCUT2D eigenvalue weighted by atomic mass is 32.1. The third-order valence-electron chi connectivity index (χ3n) is 5.72. The van der Waals surface area contributed by atoms with Crippen molar-refractivity contribution < 1.29 is 19.4 Å². The number of rotatable bonds is 5. The molecule has 0 bridgehead atoms. The first-order valence-electron chi connectivity index (χ1n) is 10.5. The van der Waals surface area contributed by atoms with Crippen molar-refractivity contribution in [2.24, 2.45) is 0 Å². The molecular weight excluding hydrogens is 422 g/mol. The van der Waals surface area contributed by atoms with Gasteiger partial charge < -0.3 is 9.84 Å². The Hall–Kier alpha value is -3.38. The number of thiophene rings is 1. The third-order valence-corrected chi connectivity index (χ3v) is 6.79. The molecule has 1 fully saturated rings. The highest BCUT2D eigenvalue weighted by Crippen LogP contribution is 2.45. The minimum Gasteiger partial charge on any atom is -0.507 e. The lowest BCUT2D eigenvalue weighted by Crippen LogP contribution is -2.30. The molecule has 1 aliphatic rings. The van der Waals surface area contributed by atoms with Gasteiger partial charge in [-0.15, -0.1) is 11.3 Å². The van der Waals surface area contributed by atoms with Crippen LogP contribution in [0.2, 0.25) is 0 Å². The Morgan fingerprint density at radius 1 is 1.03 bits per heavy atom. The van der Waals surface area contributed by atoms with Gasteiger partial charge in [-0.2, -0.15) is 0 Å². The second kappa shape index (κ2) is 8.63. The number of amides is 1. The van der Waals surface area contributed by atoms with E-state index < -0.39 is 17.7 Å². The standard InChI is InChI=1S/C26H25NO4S/c1-5-31-20-11-10-18(14-17(20)4)23(28)21-22(25-16(3)12-13-32-25)27(26(30)24(21)29)19-9-7-6-8-15(19)2/h6-14,22,28H,5H2,1-4H3/b23-21-. The van der Waals surface area contributed by atoms with Gasteiger partial charge in [-0.05, 0) is 80.1 Å². The van der Waals surface area contributed by atoms with E-state index in [4.69, 9.17) is 4.74 Å². The fraction of sp³-hybridized carbons (Fsp3) is 0.231. The number of ether oxygens (including phenoxy) is 1. The molecule has 0 saturated carbocycles. The van der Waals surface area contributed by atoms with Crippen molar-refractivity contribution in [1.29, 1.82) is 0 Å². The van der Waals surface area contributed by atoms with Gasteiger partial charge in [0.15, 0.2) is 0 Å². The van der Waals surface area contributed by atoms with E-state index in [0.717, 1.165) is 27.3 Å². The summed E-state index contributed by atoms with van der Waals surface area (Å²) in [7, 11) is 0. The maximum absolute atomic E-state index is 13.3. The van der Waals surface area contributed by atoms with Crippen LogP contribution >= 0.6 is 11.3 Å². The molecule has 3 aromatic rings. The molecule has 0 aliphatic carbocycles. The molecule has 1 amide bonds. The highest BCUT2D eigenvalue weighted by molar-refractivity contribution is 7.10. The van der Waals surface area contributed by atoms with E-state index in [-0.39, 0.29) is 11.3 Å². The molecule has 2 heterocycles. The lowest BCUT2D eigenvalue weighted by atomic mass is 9.97. The first-order chi connectivity index (χ1) is 15.3. The lowest BCUT2D eigenvalue weighted by Gasteiger charge is -2.26. The van der Waals surface area contributed by atoms with Crippen LogP contribution in [-0.4, -0.2) is 23.4 Å². The summed E-state index contributed by atoms with van der Waals surface area (Å²) in [5, 5.41) is 13.2.